The lowest BCUT2D eigenvalue weighted by molar-refractivity contribution is -0.147. The highest BCUT2D eigenvalue weighted by Gasteiger charge is 2.43. The molecule has 0 aromatic carbocycles. The van der Waals surface area contributed by atoms with Crippen molar-refractivity contribution in [3.8, 4) is 0 Å². The molecule has 3 atom stereocenters. The second-order valence-corrected chi connectivity index (χ2v) is 8.89. The summed E-state index contributed by atoms with van der Waals surface area (Å²) in [6, 6.07) is -1.53. The molecule has 7 heteroatoms. The normalized spacial score (nSPS) is 24.9. The van der Waals surface area contributed by atoms with Gasteiger partial charge in [-0.15, -0.1) is 0 Å². The SMILES string of the molecule is CC(C)C(N)C(=O)N1CCC[C@H]1C(=O)N1CCC[C@H]1C(=O)NC(C)(C)C. The van der Waals surface area contributed by atoms with Crippen LogP contribution < -0.4 is 11.1 Å². The molecule has 0 radical (unpaired) electrons. The summed E-state index contributed by atoms with van der Waals surface area (Å²) in [7, 11) is 0. The van der Waals surface area contributed by atoms with Crippen molar-refractivity contribution in [2.24, 2.45) is 11.7 Å². The third-order valence-electron chi connectivity index (χ3n) is 5.16. The van der Waals surface area contributed by atoms with E-state index in [0.29, 0.717) is 25.9 Å². The second-order valence-electron chi connectivity index (χ2n) is 8.89. The highest BCUT2D eigenvalue weighted by atomic mass is 16.2. The van der Waals surface area contributed by atoms with Crippen LogP contribution in [0.4, 0.5) is 0 Å². The van der Waals surface area contributed by atoms with Crippen molar-refractivity contribution in [1.29, 1.82) is 0 Å². The van der Waals surface area contributed by atoms with Gasteiger partial charge in [-0.2, -0.15) is 0 Å². The average molecular weight is 367 g/mol. The summed E-state index contributed by atoms with van der Waals surface area (Å²) in [4.78, 5) is 41.7. The Morgan fingerprint density at radius 3 is 2.08 bits per heavy atom. The monoisotopic (exact) mass is 366 g/mol. The topological polar surface area (TPSA) is 95.7 Å². The fourth-order valence-corrected chi connectivity index (χ4v) is 3.71. The van der Waals surface area contributed by atoms with Crippen molar-refractivity contribution in [3.63, 3.8) is 0 Å². The molecule has 2 aliphatic rings. The van der Waals surface area contributed by atoms with Gasteiger partial charge in [0.05, 0.1) is 6.04 Å². The van der Waals surface area contributed by atoms with Crippen molar-refractivity contribution >= 4 is 17.7 Å². The number of amides is 3. The summed E-state index contributed by atoms with van der Waals surface area (Å²) in [5.74, 6) is -0.363. The van der Waals surface area contributed by atoms with Crippen molar-refractivity contribution in [2.45, 2.75) is 84.0 Å². The zero-order chi connectivity index (χ0) is 19.6. The molecule has 0 saturated carbocycles. The van der Waals surface area contributed by atoms with E-state index >= 15 is 0 Å². The Hall–Kier alpha value is -1.63. The molecular weight excluding hydrogens is 332 g/mol. The zero-order valence-electron chi connectivity index (χ0n) is 16.7. The molecule has 0 spiro atoms. The van der Waals surface area contributed by atoms with Crippen LogP contribution in [-0.2, 0) is 14.4 Å². The molecule has 0 aliphatic carbocycles. The Labute approximate surface area is 156 Å². The smallest absolute Gasteiger partial charge is 0.246 e. The third-order valence-corrected chi connectivity index (χ3v) is 5.16. The van der Waals surface area contributed by atoms with Gasteiger partial charge < -0.3 is 20.9 Å². The predicted octanol–water partition coefficient (Wildman–Crippen LogP) is 0.866. The van der Waals surface area contributed by atoms with Crippen LogP contribution in [0.15, 0.2) is 0 Å². The van der Waals surface area contributed by atoms with E-state index < -0.39 is 18.1 Å². The second kappa shape index (κ2) is 7.94. The Morgan fingerprint density at radius 1 is 1.00 bits per heavy atom. The van der Waals surface area contributed by atoms with Crippen molar-refractivity contribution in [3.05, 3.63) is 0 Å². The number of hydrogen-bond acceptors (Lipinski definition) is 4. The van der Waals surface area contributed by atoms with Crippen LogP contribution >= 0.6 is 0 Å². The van der Waals surface area contributed by atoms with Crippen LogP contribution in [-0.4, -0.2) is 64.3 Å². The Balaban J connectivity index is 2.11. The minimum Gasteiger partial charge on any atom is -0.350 e. The van der Waals surface area contributed by atoms with Crippen LogP contribution in [0.2, 0.25) is 0 Å². The van der Waals surface area contributed by atoms with E-state index in [2.05, 4.69) is 5.32 Å². The first-order chi connectivity index (χ1) is 12.0. The van der Waals surface area contributed by atoms with E-state index in [-0.39, 0.29) is 29.2 Å². The van der Waals surface area contributed by atoms with Crippen LogP contribution in [0, 0.1) is 5.92 Å². The minimum atomic E-state index is -0.595. The molecule has 3 amide bonds. The Kier molecular flexibility index (Phi) is 6.32. The number of likely N-dealkylation sites (tertiary alicyclic amines) is 2. The van der Waals surface area contributed by atoms with Gasteiger partial charge >= 0.3 is 0 Å². The van der Waals surface area contributed by atoms with Crippen LogP contribution in [0.3, 0.4) is 0 Å². The number of nitrogens with two attached hydrogens (primary N) is 1. The summed E-state index contributed by atoms with van der Waals surface area (Å²) >= 11 is 0. The summed E-state index contributed by atoms with van der Waals surface area (Å²) < 4.78 is 0. The molecule has 148 valence electrons. The quantitative estimate of drug-likeness (QED) is 0.771. The number of rotatable bonds is 4. The molecule has 1 unspecified atom stereocenters. The summed E-state index contributed by atoms with van der Waals surface area (Å²) in [5.41, 5.74) is 5.68. The predicted molar refractivity (Wildman–Crippen MR) is 100 cm³/mol. The van der Waals surface area contributed by atoms with Gasteiger partial charge in [-0.05, 0) is 52.4 Å². The van der Waals surface area contributed by atoms with Gasteiger partial charge in [0.1, 0.15) is 12.1 Å². The van der Waals surface area contributed by atoms with E-state index in [1.807, 2.05) is 34.6 Å². The van der Waals surface area contributed by atoms with Gasteiger partial charge in [0.15, 0.2) is 0 Å². The Bertz CT molecular complexity index is 555. The lowest BCUT2D eigenvalue weighted by atomic mass is 10.0. The largest absolute Gasteiger partial charge is 0.350 e. The van der Waals surface area contributed by atoms with E-state index in [9.17, 15) is 14.4 Å². The van der Waals surface area contributed by atoms with Crippen LogP contribution in [0.1, 0.15) is 60.3 Å². The first kappa shape index (κ1) is 20.7. The lowest BCUT2D eigenvalue weighted by Gasteiger charge is -2.33. The molecule has 2 aliphatic heterocycles. The van der Waals surface area contributed by atoms with Crippen LogP contribution in [0.5, 0.6) is 0 Å². The number of nitrogens with one attached hydrogen (secondary N) is 1. The van der Waals surface area contributed by atoms with Crippen molar-refractivity contribution < 1.29 is 14.4 Å². The molecule has 26 heavy (non-hydrogen) atoms. The summed E-state index contributed by atoms with van der Waals surface area (Å²) in [6.45, 7) is 10.7. The first-order valence-corrected chi connectivity index (χ1v) is 9.71. The molecule has 2 fully saturated rings. The maximum atomic E-state index is 13.1. The molecule has 2 saturated heterocycles. The fraction of sp³-hybridized carbons (Fsp3) is 0.842. The number of carbonyl (C=O) groups excluding carboxylic acids is 3. The molecule has 0 aromatic heterocycles. The Morgan fingerprint density at radius 2 is 1.54 bits per heavy atom. The van der Waals surface area contributed by atoms with E-state index in [4.69, 9.17) is 5.73 Å². The van der Waals surface area contributed by atoms with E-state index in [1.165, 1.54) is 0 Å². The molecule has 0 bridgehead atoms. The molecule has 0 aromatic rings. The van der Waals surface area contributed by atoms with E-state index in [0.717, 1.165) is 12.8 Å². The average Bonchev–Trinajstić information content (AvgIpc) is 3.19. The highest BCUT2D eigenvalue weighted by Crippen LogP contribution is 2.26. The van der Waals surface area contributed by atoms with Crippen LogP contribution in [0.25, 0.3) is 0 Å². The van der Waals surface area contributed by atoms with E-state index in [1.54, 1.807) is 9.80 Å². The molecule has 7 nitrogen and oxygen atoms in total. The standard InChI is InChI=1S/C19H34N4O3/c1-12(2)15(20)18(26)23-11-7-9-14(23)17(25)22-10-6-8-13(22)16(24)21-19(3,4)5/h12-15H,6-11,20H2,1-5H3,(H,21,24)/t13-,14-,15?/m0/s1. The number of carbonyl (C=O) groups is 3. The maximum Gasteiger partial charge on any atom is 0.246 e. The van der Waals surface area contributed by atoms with Gasteiger partial charge in [-0.1, -0.05) is 13.8 Å². The maximum absolute atomic E-state index is 13.1. The minimum absolute atomic E-state index is 0.0240. The summed E-state index contributed by atoms with van der Waals surface area (Å²) in [6.07, 6.45) is 2.90. The van der Waals surface area contributed by atoms with Gasteiger partial charge in [-0.25, -0.2) is 0 Å². The van der Waals surface area contributed by atoms with Gasteiger partial charge in [0.25, 0.3) is 0 Å². The number of nitrogens with zero attached hydrogens (tertiary/aromatic N) is 2. The third kappa shape index (κ3) is 4.55. The highest BCUT2D eigenvalue weighted by molar-refractivity contribution is 5.94. The lowest BCUT2D eigenvalue weighted by Crippen LogP contribution is -2.57. The van der Waals surface area contributed by atoms with Gasteiger partial charge in [-0.3, -0.25) is 14.4 Å². The zero-order valence-corrected chi connectivity index (χ0v) is 16.7. The van der Waals surface area contributed by atoms with Gasteiger partial charge in [0.2, 0.25) is 17.7 Å². The van der Waals surface area contributed by atoms with Gasteiger partial charge in [0, 0.05) is 18.6 Å². The first-order valence-electron chi connectivity index (χ1n) is 9.71. The molecular formula is C19H34N4O3. The van der Waals surface area contributed by atoms with Crippen molar-refractivity contribution in [1.82, 2.24) is 15.1 Å². The molecule has 3 N–H and O–H groups in total. The number of hydrogen-bond donors (Lipinski definition) is 2. The molecule has 2 rings (SSSR count). The fourth-order valence-electron chi connectivity index (χ4n) is 3.71. The molecule has 2 heterocycles. The summed E-state index contributed by atoms with van der Waals surface area (Å²) in [5, 5.41) is 2.97. The van der Waals surface area contributed by atoms with Crippen molar-refractivity contribution in [2.75, 3.05) is 13.1 Å².